The number of nitrogens with zero attached hydrogens (tertiary/aromatic N) is 2. The SMILES string of the molecule is CC(C)(N)C(N)c1ccc(I)nn1. The number of hydrogen-bond acceptors (Lipinski definition) is 4. The minimum Gasteiger partial charge on any atom is -0.324 e. The van der Waals surface area contributed by atoms with Gasteiger partial charge in [0.2, 0.25) is 0 Å². The Balaban J connectivity index is 2.90. The molecule has 4 nitrogen and oxygen atoms in total. The number of aromatic nitrogens is 2. The van der Waals surface area contributed by atoms with Gasteiger partial charge in [0.05, 0.1) is 11.7 Å². The van der Waals surface area contributed by atoms with E-state index in [1.54, 1.807) is 0 Å². The molecule has 1 rings (SSSR count). The first kappa shape index (κ1) is 10.8. The molecule has 0 radical (unpaired) electrons. The minimum absolute atomic E-state index is 0.281. The Kier molecular flexibility index (Phi) is 3.20. The molecule has 1 aromatic rings. The summed E-state index contributed by atoms with van der Waals surface area (Å²) in [6, 6.07) is 3.44. The lowest BCUT2D eigenvalue weighted by atomic mass is 9.94. The third kappa shape index (κ3) is 2.85. The molecule has 0 amide bonds. The van der Waals surface area contributed by atoms with Gasteiger partial charge in [0.1, 0.15) is 3.70 Å². The van der Waals surface area contributed by atoms with Crippen LogP contribution in [0.4, 0.5) is 0 Å². The third-order valence-corrected chi connectivity index (χ3v) is 2.35. The van der Waals surface area contributed by atoms with Gasteiger partial charge in [0.25, 0.3) is 0 Å². The van der Waals surface area contributed by atoms with Crippen LogP contribution in [0.3, 0.4) is 0 Å². The Bertz CT molecular complexity index is 277. The fourth-order valence-electron chi connectivity index (χ4n) is 0.873. The lowest BCUT2D eigenvalue weighted by Crippen LogP contribution is -2.44. The summed E-state index contributed by atoms with van der Waals surface area (Å²) in [7, 11) is 0. The summed E-state index contributed by atoms with van der Waals surface area (Å²) in [6.45, 7) is 3.74. The standard InChI is InChI=1S/C8H13IN4/c1-8(2,11)7(10)5-3-4-6(9)13-12-5/h3-4,7H,10-11H2,1-2H3. The van der Waals surface area contributed by atoms with E-state index in [-0.39, 0.29) is 6.04 Å². The molecule has 4 N–H and O–H groups in total. The first-order valence-corrected chi connectivity index (χ1v) is 5.02. The Morgan fingerprint density at radius 2 is 2.00 bits per heavy atom. The van der Waals surface area contributed by atoms with Gasteiger partial charge in [-0.25, -0.2) is 0 Å². The van der Waals surface area contributed by atoms with Crippen LogP contribution in [0.1, 0.15) is 25.6 Å². The van der Waals surface area contributed by atoms with Crippen molar-refractivity contribution in [3.63, 3.8) is 0 Å². The van der Waals surface area contributed by atoms with E-state index in [0.717, 1.165) is 9.39 Å². The number of rotatable bonds is 2. The molecule has 0 aliphatic carbocycles. The minimum atomic E-state index is -0.471. The average molecular weight is 292 g/mol. The summed E-state index contributed by atoms with van der Waals surface area (Å²) in [6.07, 6.45) is 0. The molecule has 0 aliphatic rings. The highest BCUT2D eigenvalue weighted by molar-refractivity contribution is 14.1. The van der Waals surface area contributed by atoms with E-state index in [1.165, 1.54) is 0 Å². The number of hydrogen-bond donors (Lipinski definition) is 2. The van der Waals surface area contributed by atoms with Gasteiger partial charge in [-0.2, -0.15) is 5.10 Å². The van der Waals surface area contributed by atoms with Gasteiger partial charge in [-0.05, 0) is 48.6 Å². The summed E-state index contributed by atoms with van der Waals surface area (Å²) >= 11 is 2.10. The molecule has 1 unspecified atom stereocenters. The molecule has 0 saturated carbocycles. The first-order chi connectivity index (χ1) is 5.91. The summed E-state index contributed by atoms with van der Waals surface area (Å²) in [5, 5.41) is 7.90. The summed E-state index contributed by atoms with van der Waals surface area (Å²) in [4.78, 5) is 0. The Hall–Kier alpha value is -0.270. The molecule has 0 bridgehead atoms. The predicted molar refractivity (Wildman–Crippen MR) is 59.9 cm³/mol. The number of nitrogens with two attached hydrogens (primary N) is 2. The maximum Gasteiger partial charge on any atom is 0.124 e. The third-order valence-electron chi connectivity index (χ3n) is 1.77. The van der Waals surface area contributed by atoms with Crippen LogP contribution < -0.4 is 11.5 Å². The fraction of sp³-hybridized carbons (Fsp3) is 0.500. The smallest absolute Gasteiger partial charge is 0.124 e. The van der Waals surface area contributed by atoms with Crippen LogP contribution in [0.2, 0.25) is 0 Å². The second-order valence-corrected chi connectivity index (χ2v) is 4.69. The van der Waals surface area contributed by atoms with Crippen molar-refractivity contribution >= 4 is 22.6 Å². The zero-order chi connectivity index (χ0) is 10.1. The predicted octanol–water partition coefficient (Wildman–Crippen LogP) is 0.818. The van der Waals surface area contributed by atoms with Gasteiger partial charge in [0.15, 0.2) is 0 Å². The number of halogens is 1. The highest BCUT2D eigenvalue weighted by atomic mass is 127. The van der Waals surface area contributed by atoms with Crippen molar-refractivity contribution in [1.29, 1.82) is 0 Å². The molecule has 5 heteroatoms. The van der Waals surface area contributed by atoms with Crippen molar-refractivity contribution in [2.45, 2.75) is 25.4 Å². The molecule has 0 aromatic carbocycles. The van der Waals surface area contributed by atoms with Crippen LogP contribution in [-0.4, -0.2) is 15.7 Å². The maximum atomic E-state index is 5.89. The lowest BCUT2D eigenvalue weighted by molar-refractivity contribution is 0.410. The quantitative estimate of drug-likeness (QED) is 0.791. The van der Waals surface area contributed by atoms with E-state index >= 15 is 0 Å². The Morgan fingerprint density at radius 1 is 1.38 bits per heavy atom. The van der Waals surface area contributed by atoms with Crippen molar-refractivity contribution in [3.8, 4) is 0 Å². The summed E-state index contributed by atoms with van der Waals surface area (Å²) in [5.74, 6) is 0. The van der Waals surface area contributed by atoms with E-state index in [2.05, 4.69) is 32.8 Å². The highest BCUT2D eigenvalue weighted by Crippen LogP contribution is 2.18. The zero-order valence-electron chi connectivity index (χ0n) is 7.66. The van der Waals surface area contributed by atoms with E-state index in [0.29, 0.717) is 0 Å². The maximum absolute atomic E-state index is 5.89. The van der Waals surface area contributed by atoms with E-state index in [9.17, 15) is 0 Å². The second kappa shape index (κ2) is 3.85. The van der Waals surface area contributed by atoms with E-state index in [4.69, 9.17) is 11.5 Å². The average Bonchev–Trinajstić information content (AvgIpc) is 2.03. The highest BCUT2D eigenvalue weighted by Gasteiger charge is 2.24. The molecule has 72 valence electrons. The van der Waals surface area contributed by atoms with Crippen molar-refractivity contribution in [1.82, 2.24) is 10.2 Å². The van der Waals surface area contributed by atoms with Crippen LogP contribution in [-0.2, 0) is 0 Å². The fourth-order valence-corrected chi connectivity index (χ4v) is 1.16. The molecule has 1 atom stereocenters. The van der Waals surface area contributed by atoms with Crippen LogP contribution in [0.5, 0.6) is 0 Å². The molecular formula is C8H13IN4. The zero-order valence-corrected chi connectivity index (χ0v) is 9.82. The van der Waals surface area contributed by atoms with Gasteiger partial charge in [0, 0.05) is 5.54 Å². The van der Waals surface area contributed by atoms with Crippen LogP contribution >= 0.6 is 22.6 Å². The summed E-state index contributed by atoms with van der Waals surface area (Å²) in [5.41, 5.74) is 12.0. The Labute approximate surface area is 91.2 Å². The van der Waals surface area contributed by atoms with Gasteiger partial charge in [-0.3, -0.25) is 0 Å². The van der Waals surface area contributed by atoms with Crippen molar-refractivity contribution < 1.29 is 0 Å². The molecule has 0 spiro atoms. The van der Waals surface area contributed by atoms with Gasteiger partial charge >= 0.3 is 0 Å². The monoisotopic (exact) mass is 292 g/mol. The first-order valence-electron chi connectivity index (χ1n) is 3.95. The molecule has 0 aliphatic heterocycles. The molecule has 0 saturated heterocycles. The summed E-state index contributed by atoms with van der Waals surface area (Å²) < 4.78 is 0.850. The molecule has 0 fully saturated rings. The van der Waals surface area contributed by atoms with Crippen molar-refractivity contribution in [3.05, 3.63) is 21.5 Å². The van der Waals surface area contributed by atoms with Gasteiger partial charge < -0.3 is 11.5 Å². The second-order valence-electron chi connectivity index (χ2n) is 3.58. The van der Waals surface area contributed by atoms with Gasteiger partial charge in [-0.1, -0.05) is 0 Å². The molecular weight excluding hydrogens is 279 g/mol. The van der Waals surface area contributed by atoms with Gasteiger partial charge in [-0.15, -0.1) is 5.10 Å². The molecule has 1 heterocycles. The molecule has 1 aromatic heterocycles. The van der Waals surface area contributed by atoms with Crippen molar-refractivity contribution in [2.75, 3.05) is 0 Å². The molecule has 13 heavy (non-hydrogen) atoms. The van der Waals surface area contributed by atoms with E-state index < -0.39 is 5.54 Å². The van der Waals surface area contributed by atoms with E-state index in [1.807, 2.05) is 26.0 Å². The Morgan fingerprint density at radius 3 is 2.38 bits per heavy atom. The van der Waals surface area contributed by atoms with Crippen LogP contribution in [0.15, 0.2) is 12.1 Å². The van der Waals surface area contributed by atoms with Crippen LogP contribution in [0.25, 0.3) is 0 Å². The normalized spacial score (nSPS) is 14.2. The van der Waals surface area contributed by atoms with Crippen molar-refractivity contribution in [2.24, 2.45) is 11.5 Å². The largest absolute Gasteiger partial charge is 0.324 e. The topological polar surface area (TPSA) is 77.8 Å². The lowest BCUT2D eigenvalue weighted by Gasteiger charge is -2.25. The van der Waals surface area contributed by atoms with Crippen LogP contribution in [0, 0.1) is 3.70 Å².